The van der Waals surface area contributed by atoms with Gasteiger partial charge in [-0.15, -0.1) is 0 Å². The lowest BCUT2D eigenvalue weighted by atomic mass is 9.94. The molecule has 0 radical (unpaired) electrons. The predicted octanol–water partition coefficient (Wildman–Crippen LogP) is 29.4. The van der Waals surface area contributed by atoms with Crippen LogP contribution in [0.2, 0.25) is 0 Å². The molecule has 0 fully saturated rings. The monoisotopic (exact) mass is 1660 g/mol. The van der Waals surface area contributed by atoms with E-state index in [0.29, 0.717) is 34.9 Å². The van der Waals surface area contributed by atoms with E-state index in [2.05, 4.69) is 363 Å². The molecular weight excluding hydrogens is 1590 g/mol. The van der Waals surface area contributed by atoms with Crippen molar-refractivity contribution in [2.45, 2.75) is 6.42 Å². The molecule has 0 saturated carbocycles. The molecule has 24 rings (SSSR count). The fraction of sp³-hybridized carbons (Fsp3) is 0.00870. The van der Waals surface area contributed by atoms with Crippen LogP contribution in [0.3, 0.4) is 0 Å². The van der Waals surface area contributed by atoms with Crippen LogP contribution in [0.1, 0.15) is 16.7 Å². The van der Waals surface area contributed by atoms with Crippen LogP contribution in [0.4, 0.5) is 0 Å². The molecule has 10 heteroatoms. The van der Waals surface area contributed by atoms with Crippen LogP contribution in [0.25, 0.3) is 201 Å². The molecule has 586 valence electrons. The third kappa shape index (κ3) is 14.2. The van der Waals surface area contributed by atoms with Crippen LogP contribution in [-0.4, -0.2) is 43.6 Å². The maximum Gasteiger partial charge on any atom is 0.166 e. The van der Waals surface area contributed by atoms with Gasteiger partial charge in [-0.2, -0.15) is 0 Å². The molecule has 2 aliphatic rings. The van der Waals surface area contributed by atoms with Crippen molar-refractivity contribution >= 4 is 86.9 Å². The molecule has 0 atom stereocenters. The van der Waals surface area contributed by atoms with Crippen molar-refractivity contribution < 1.29 is 0 Å². The Balaban J connectivity index is 0.000000138. The maximum atomic E-state index is 5.22. The summed E-state index contributed by atoms with van der Waals surface area (Å²) in [4.78, 5) is 30.6. The molecule has 0 saturated heterocycles. The van der Waals surface area contributed by atoms with Crippen molar-refractivity contribution in [1.29, 1.82) is 0 Å². The van der Waals surface area contributed by atoms with E-state index in [1.165, 1.54) is 93.7 Å². The van der Waals surface area contributed by atoms with E-state index >= 15 is 0 Å². The lowest BCUT2D eigenvalue weighted by molar-refractivity contribution is 1.07. The summed E-state index contributed by atoms with van der Waals surface area (Å²) in [7, 11) is 0. The number of halogens is 1. The topological polar surface area (TPSA) is 92.1 Å². The highest BCUT2D eigenvalue weighted by molar-refractivity contribution is 9.10. The molecule has 5 heterocycles. The molecule has 0 amide bonds. The van der Waals surface area contributed by atoms with Gasteiger partial charge in [-0.1, -0.05) is 337 Å². The summed E-state index contributed by atoms with van der Waals surface area (Å²) in [5.41, 5.74) is 30.5. The highest BCUT2D eigenvalue weighted by atomic mass is 79.9. The molecule has 22 aromatic rings. The van der Waals surface area contributed by atoms with Gasteiger partial charge in [-0.05, 0) is 147 Å². The van der Waals surface area contributed by atoms with E-state index in [0.717, 1.165) is 99.8 Å². The molecule has 5 aromatic heterocycles. The molecule has 2 aliphatic carbocycles. The van der Waals surface area contributed by atoms with Gasteiger partial charge in [0.2, 0.25) is 0 Å². The number of rotatable bonds is 13. The Kier molecular flexibility index (Phi) is 19.6. The standard InChI is InChI=1S/C57H37N5.C52H33N4.C6H5Br/c1-6-18-38(19-7-1)41-33-35-51-50(36-41)46-34-32-42(37-52(46)61(51)43-24-12-4-13-25-43)45-28-16-29-47-48-30-17-31-49(54(48)62(53(45)47)44-26-14-5-15-27-44)57-59-55(39-20-8-2-9-21-39)58-56(60-57)40-22-10-3-11-23-40;1-5-15-34(16-6-1)37-28-30-48-47(31-37)43-29-27-38(32-49(43)56(48)39-21-11-4-12-22-39)40-23-13-24-41-42-25-14-26-44(46(42)33-45(40)41)52-54-50(35-17-7-2-8-18-35)53-51(55-52)36-19-9-3-10-20-36;7-6-4-2-1-3-5-6/h1-37H;2-32H,33H2;1-5H/q;+1;. The van der Waals surface area contributed by atoms with Crippen molar-refractivity contribution in [3.63, 3.8) is 0 Å². The Bertz CT molecular complexity index is 7830. The van der Waals surface area contributed by atoms with Crippen molar-refractivity contribution in [3.05, 3.63) is 470 Å². The average Bonchev–Trinajstić information content (AvgIpc) is 1.57. The third-order valence-corrected chi connectivity index (χ3v) is 24.3. The second-order valence-electron chi connectivity index (χ2n) is 31.2. The Morgan fingerprint density at radius 3 is 1.04 bits per heavy atom. The number of para-hydroxylation sites is 5. The van der Waals surface area contributed by atoms with Crippen molar-refractivity contribution in [2.75, 3.05) is 0 Å². The molecule has 0 spiro atoms. The van der Waals surface area contributed by atoms with Gasteiger partial charge in [0.25, 0.3) is 0 Å². The van der Waals surface area contributed by atoms with Gasteiger partial charge in [0.15, 0.2) is 34.9 Å². The summed E-state index contributed by atoms with van der Waals surface area (Å²) < 4.78 is 8.35. The number of hydrogen-bond donors (Lipinski definition) is 0. The summed E-state index contributed by atoms with van der Waals surface area (Å²) in [6, 6.07) is 147. The Morgan fingerprint density at radius 1 is 0.232 bits per heavy atom. The van der Waals surface area contributed by atoms with Gasteiger partial charge < -0.3 is 13.7 Å². The van der Waals surface area contributed by atoms with Gasteiger partial charge in [0.1, 0.15) is 12.2 Å². The third-order valence-electron chi connectivity index (χ3n) is 23.8. The fourth-order valence-electron chi connectivity index (χ4n) is 18.0. The molecule has 0 bridgehead atoms. The SMILES string of the molecule is Brc1ccccc1.[C+]1=CC=C(c2ccc3c(c2)c2ccc(-c4cccc5c4Cc4c(-c6nc(-c7ccccc7)nc(-c7ccccc7)n6)cccc4-5)cc2n3-c2ccccc2)C=C1.c1ccc(-c2ccc3c(c2)c2ccc(-c4cccc5c6cccc(-c7nc(-c8ccccc8)nc(-c8ccccc8)n7)c6n(-c6ccccc6)c45)cc2n3-c2ccccc2)cc1. The van der Waals surface area contributed by atoms with E-state index in [-0.39, 0.29) is 0 Å². The first-order valence-electron chi connectivity index (χ1n) is 42.0. The molecule has 0 aliphatic heterocycles. The predicted molar refractivity (Wildman–Crippen MR) is 519 cm³/mol. The number of benzene rings is 17. The minimum Gasteiger partial charge on any atom is -0.309 e. The van der Waals surface area contributed by atoms with Crippen LogP contribution in [0.5, 0.6) is 0 Å². The Morgan fingerprint density at radius 2 is 0.584 bits per heavy atom. The number of fused-ring (bicyclic) bond motifs is 12. The quantitative estimate of drug-likeness (QED) is 0.107. The summed E-state index contributed by atoms with van der Waals surface area (Å²) in [5.74, 6) is 3.90. The molecule has 125 heavy (non-hydrogen) atoms. The number of aromatic nitrogens is 9. The minimum absolute atomic E-state index is 0.619. The number of nitrogens with zero attached hydrogens (tertiary/aromatic N) is 9. The molecule has 17 aromatic carbocycles. The minimum atomic E-state index is 0.619. The summed E-state index contributed by atoms with van der Waals surface area (Å²) in [6.45, 7) is 0. The first kappa shape index (κ1) is 75.0. The zero-order valence-electron chi connectivity index (χ0n) is 67.8. The second-order valence-corrected chi connectivity index (χ2v) is 32.1. The van der Waals surface area contributed by atoms with Crippen molar-refractivity contribution in [3.8, 4) is 130 Å². The zero-order chi connectivity index (χ0) is 83.1. The van der Waals surface area contributed by atoms with Crippen LogP contribution >= 0.6 is 15.9 Å². The van der Waals surface area contributed by atoms with E-state index in [9.17, 15) is 0 Å². The lowest BCUT2D eigenvalue weighted by Gasteiger charge is -2.14. The van der Waals surface area contributed by atoms with Crippen LogP contribution in [0.15, 0.2) is 447 Å². The van der Waals surface area contributed by atoms with E-state index in [1.54, 1.807) is 0 Å². The van der Waals surface area contributed by atoms with Gasteiger partial charge in [-0.25, -0.2) is 29.9 Å². The maximum absolute atomic E-state index is 5.22. The van der Waals surface area contributed by atoms with Crippen LogP contribution < -0.4 is 0 Å². The van der Waals surface area contributed by atoms with E-state index in [1.807, 2.05) is 115 Å². The number of allylic oxidation sites excluding steroid dienone is 6. The van der Waals surface area contributed by atoms with E-state index in [4.69, 9.17) is 29.9 Å². The summed E-state index contributed by atoms with van der Waals surface area (Å²) in [5, 5.41) is 7.17. The van der Waals surface area contributed by atoms with Crippen molar-refractivity contribution in [1.82, 2.24) is 43.6 Å². The molecular formula is C115H75BrN9+. The first-order valence-corrected chi connectivity index (χ1v) is 42.8. The van der Waals surface area contributed by atoms with Gasteiger partial charge in [0.05, 0.1) is 50.8 Å². The summed E-state index contributed by atoms with van der Waals surface area (Å²) in [6.07, 6.45) is 12.1. The Labute approximate surface area is 731 Å². The van der Waals surface area contributed by atoms with Gasteiger partial charge in [0, 0.05) is 111 Å². The van der Waals surface area contributed by atoms with Crippen LogP contribution in [-0.2, 0) is 6.42 Å². The van der Waals surface area contributed by atoms with E-state index < -0.39 is 0 Å². The zero-order valence-corrected chi connectivity index (χ0v) is 69.3. The molecule has 9 nitrogen and oxygen atoms in total. The number of hydrogen-bond acceptors (Lipinski definition) is 6. The fourth-order valence-corrected chi connectivity index (χ4v) is 18.3. The van der Waals surface area contributed by atoms with Crippen LogP contribution in [0, 0.1) is 6.08 Å². The first-order chi connectivity index (χ1) is 61.9. The van der Waals surface area contributed by atoms with Gasteiger partial charge in [-0.3, -0.25) is 0 Å². The van der Waals surface area contributed by atoms with Crippen molar-refractivity contribution in [2.24, 2.45) is 0 Å². The molecule has 0 unspecified atom stereocenters. The average molecular weight is 1660 g/mol. The molecule has 0 N–H and O–H groups in total. The largest absolute Gasteiger partial charge is 0.309 e. The Hall–Kier alpha value is -16.2. The lowest BCUT2D eigenvalue weighted by Crippen LogP contribution is -2.02. The highest BCUT2D eigenvalue weighted by Gasteiger charge is 2.29. The second kappa shape index (κ2) is 32.7. The van der Waals surface area contributed by atoms with Gasteiger partial charge >= 0.3 is 0 Å². The summed E-state index contributed by atoms with van der Waals surface area (Å²) >= 11 is 3.31. The normalized spacial score (nSPS) is 11.9. The smallest absolute Gasteiger partial charge is 0.166 e. The highest BCUT2D eigenvalue weighted by Crippen LogP contribution is 2.49.